The number of esters is 1. The van der Waals surface area contributed by atoms with Gasteiger partial charge in [-0.25, -0.2) is 4.79 Å². The minimum absolute atomic E-state index is 0.172. The molecule has 0 bridgehead atoms. The lowest BCUT2D eigenvalue weighted by Crippen LogP contribution is -2.26. The third kappa shape index (κ3) is 3.36. The summed E-state index contributed by atoms with van der Waals surface area (Å²) in [6.45, 7) is 1.94. The number of carbonyl (C=O) groups excluding carboxylic acids is 2. The van der Waals surface area contributed by atoms with Gasteiger partial charge in [0, 0.05) is 17.7 Å². The first kappa shape index (κ1) is 15.4. The second-order valence-electron chi connectivity index (χ2n) is 4.57. The van der Waals surface area contributed by atoms with Gasteiger partial charge in [0.15, 0.2) is 0 Å². The number of aromatic amines is 1. The molecule has 0 unspecified atom stereocenters. The molecule has 0 aliphatic carbocycles. The normalized spacial score (nSPS) is 10.5. The fourth-order valence-electron chi connectivity index (χ4n) is 1.94. The Morgan fingerprint density at radius 1 is 1.43 bits per heavy atom. The number of aryl methyl sites for hydroxylation is 1. The van der Waals surface area contributed by atoms with Crippen molar-refractivity contribution in [2.45, 2.75) is 13.5 Å². The summed E-state index contributed by atoms with van der Waals surface area (Å²) in [7, 11) is 2.97. The Morgan fingerprint density at radius 2 is 2.14 bits per heavy atom. The lowest BCUT2D eigenvalue weighted by atomic mass is 10.2. The molecule has 2 aromatic rings. The summed E-state index contributed by atoms with van der Waals surface area (Å²) in [4.78, 5) is 28.1. The van der Waals surface area contributed by atoms with Crippen LogP contribution in [0.15, 0.2) is 27.2 Å². The molecule has 2 heterocycles. The fourth-order valence-corrected chi connectivity index (χ4v) is 2.28. The number of rotatable bonds is 4. The quantitative estimate of drug-likeness (QED) is 0.856. The van der Waals surface area contributed by atoms with Gasteiger partial charge in [-0.05, 0) is 35.0 Å². The van der Waals surface area contributed by atoms with Crippen LogP contribution in [0.4, 0.5) is 0 Å². The molecule has 2 aromatic heterocycles. The highest BCUT2D eigenvalue weighted by atomic mass is 79.9. The molecule has 1 amide bonds. The Bertz CT molecular complexity index is 674. The molecule has 2 rings (SSSR count). The second-order valence-corrected chi connectivity index (χ2v) is 5.48. The summed E-state index contributed by atoms with van der Waals surface area (Å²) < 4.78 is 11.0. The molecule has 0 aliphatic heterocycles. The van der Waals surface area contributed by atoms with Crippen LogP contribution in [0.25, 0.3) is 0 Å². The minimum Gasteiger partial charge on any atom is -0.465 e. The Morgan fingerprint density at radius 3 is 2.71 bits per heavy atom. The van der Waals surface area contributed by atoms with E-state index in [0.717, 1.165) is 4.47 Å². The number of furan rings is 1. The highest BCUT2D eigenvalue weighted by molar-refractivity contribution is 9.10. The van der Waals surface area contributed by atoms with E-state index in [0.29, 0.717) is 22.8 Å². The highest BCUT2D eigenvalue weighted by Crippen LogP contribution is 2.18. The molecule has 0 saturated heterocycles. The molecule has 0 spiro atoms. The Labute approximate surface area is 130 Å². The van der Waals surface area contributed by atoms with Crippen molar-refractivity contribution in [1.29, 1.82) is 0 Å². The van der Waals surface area contributed by atoms with Gasteiger partial charge in [-0.15, -0.1) is 0 Å². The zero-order valence-corrected chi connectivity index (χ0v) is 13.5. The zero-order valence-electron chi connectivity index (χ0n) is 11.9. The van der Waals surface area contributed by atoms with Crippen LogP contribution in [-0.4, -0.2) is 35.9 Å². The molecule has 0 saturated carbocycles. The molecule has 6 nitrogen and oxygen atoms in total. The number of methoxy groups -OCH3 is 1. The van der Waals surface area contributed by atoms with E-state index in [9.17, 15) is 9.59 Å². The van der Waals surface area contributed by atoms with Gasteiger partial charge >= 0.3 is 5.97 Å². The lowest BCUT2D eigenvalue weighted by molar-refractivity contribution is 0.0598. The van der Waals surface area contributed by atoms with Gasteiger partial charge in [0.05, 0.1) is 13.7 Å². The van der Waals surface area contributed by atoms with E-state index in [4.69, 9.17) is 4.42 Å². The average Bonchev–Trinajstić information content (AvgIpc) is 3.03. The minimum atomic E-state index is -0.454. The van der Waals surface area contributed by atoms with E-state index in [1.54, 1.807) is 32.3 Å². The predicted molar refractivity (Wildman–Crippen MR) is 79.1 cm³/mol. The van der Waals surface area contributed by atoms with Gasteiger partial charge in [-0.1, -0.05) is 0 Å². The van der Waals surface area contributed by atoms with Gasteiger partial charge in [-0.2, -0.15) is 0 Å². The number of nitrogens with one attached hydrogen (secondary N) is 1. The standard InChI is InChI=1S/C14H15BrN2O4/c1-8-11(14(19)20-3)5-10(21-8)7-17(2)13(18)12-4-9(15)6-16-12/h4-6,16H,7H2,1-3H3. The van der Waals surface area contributed by atoms with Crippen LogP contribution in [0.3, 0.4) is 0 Å². The number of hydrogen-bond donors (Lipinski definition) is 1. The van der Waals surface area contributed by atoms with Gasteiger partial charge in [0.2, 0.25) is 0 Å². The Balaban J connectivity index is 2.11. The molecule has 112 valence electrons. The van der Waals surface area contributed by atoms with E-state index < -0.39 is 5.97 Å². The van der Waals surface area contributed by atoms with Crippen molar-refractivity contribution in [1.82, 2.24) is 9.88 Å². The van der Waals surface area contributed by atoms with Crippen molar-refractivity contribution in [2.24, 2.45) is 0 Å². The summed E-state index contributed by atoms with van der Waals surface area (Å²) in [5.74, 6) is 0.369. The molecule has 0 fully saturated rings. The summed E-state index contributed by atoms with van der Waals surface area (Å²) in [5.41, 5.74) is 0.844. The van der Waals surface area contributed by atoms with Gasteiger partial charge in [0.25, 0.3) is 5.91 Å². The SMILES string of the molecule is COC(=O)c1cc(CN(C)C(=O)c2cc(Br)c[nH]2)oc1C. The summed E-state index contributed by atoms with van der Waals surface area (Å²) in [6.07, 6.45) is 1.69. The number of amides is 1. The van der Waals surface area contributed by atoms with E-state index in [2.05, 4.69) is 25.7 Å². The predicted octanol–water partition coefficient (Wildman–Crippen LogP) is 2.74. The molecule has 0 aliphatic rings. The molecule has 0 radical (unpaired) electrons. The average molecular weight is 355 g/mol. The van der Waals surface area contributed by atoms with Crippen LogP contribution in [-0.2, 0) is 11.3 Å². The van der Waals surface area contributed by atoms with E-state index in [1.807, 2.05) is 0 Å². The van der Waals surface area contributed by atoms with Crippen LogP contribution in [0.1, 0.15) is 32.4 Å². The topological polar surface area (TPSA) is 75.5 Å². The number of ether oxygens (including phenoxy) is 1. The number of halogens is 1. The van der Waals surface area contributed by atoms with Crippen molar-refractivity contribution >= 4 is 27.8 Å². The van der Waals surface area contributed by atoms with E-state index in [-0.39, 0.29) is 12.5 Å². The fraction of sp³-hybridized carbons (Fsp3) is 0.286. The van der Waals surface area contributed by atoms with Gasteiger partial charge < -0.3 is 19.0 Å². The van der Waals surface area contributed by atoms with Crippen molar-refractivity contribution in [2.75, 3.05) is 14.2 Å². The van der Waals surface area contributed by atoms with Crippen LogP contribution in [0.5, 0.6) is 0 Å². The first-order chi connectivity index (χ1) is 9.92. The second kappa shape index (κ2) is 6.17. The third-order valence-corrected chi connectivity index (χ3v) is 3.45. The molecular weight excluding hydrogens is 340 g/mol. The maximum atomic E-state index is 12.2. The summed E-state index contributed by atoms with van der Waals surface area (Å²) >= 11 is 3.28. The van der Waals surface area contributed by atoms with Crippen LogP contribution >= 0.6 is 15.9 Å². The highest BCUT2D eigenvalue weighted by Gasteiger charge is 2.19. The van der Waals surface area contributed by atoms with E-state index in [1.165, 1.54) is 12.0 Å². The molecule has 0 atom stereocenters. The smallest absolute Gasteiger partial charge is 0.341 e. The number of carbonyl (C=O) groups is 2. The Hall–Kier alpha value is -2.02. The molecular formula is C14H15BrN2O4. The zero-order chi connectivity index (χ0) is 15.6. The maximum Gasteiger partial charge on any atom is 0.341 e. The number of H-pyrrole nitrogens is 1. The van der Waals surface area contributed by atoms with E-state index >= 15 is 0 Å². The van der Waals surface area contributed by atoms with Crippen molar-refractivity contribution in [3.63, 3.8) is 0 Å². The molecule has 7 heteroatoms. The maximum absolute atomic E-state index is 12.2. The Kier molecular flexibility index (Phi) is 4.52. The molecule has 0 aromatic carbocycles. The van der Waals surface area contributed by atoms with Crippen molar-refractivity contribution < 1.29 is 18.7 Å². The van der Waals surface area contributed by atoms with Crippen molar-refractivity contribution in [3.05, 3.63) is 45.6 Å². The monoisotopic (exact) mass is 354 g/mol. The van der Waals surface area contributed by atoms with Crippen molar-refractivity contribution in [3.8, 4) is 0 Å². The number of hydrogen-bond acceptors (Lipinski definition) is 4. The summed E-state index contributed by atoms with van der Waals surface area (Å²) in [6, 6.07) is 3.29. The molecule has 1 N–H and O–H groups in total. The van der Waals surface area contributed by atoms with Gasteiger partial charge in [-0.3, -0.25) is 4.79 Å². The van der Waals surface area contributed by atoms with Crippen LogP contribution in [0, 0.1) is 6.92 Å². The first-order valence-electron chi connectivity index (χ1n) is 6.19. The van der Waals surface area contributed by atoms with Crippen LogP contribution < -0.4 is 0 Å². The number of aromatic nitrogens is 1. The number of nitrogens with zero attached hydrogens (tertiary/aromatic N) is 1. The van der Waals surface area contributed by atoms with Crippen LogP contribution in [0.2, 0.25) is 0 Å². The third-order valence-electron chi connectivity index (χ3n) is 2.99. The lowest BCUT2D eigenvalue weighted by Gasteiger charge is -2.14. The molecule has 21 heavy (non-hydrogen) atoms. The first-order valence-corrected chi connectivity index (χ1v) is 6.98. The van der Waals surface area contributed by atoms with Gasteiger partial charge in [0.1, 0.15) is 22.8 Å². The largest absolute Gasteiger partial charge is 0.465 e. The summed E-state index contributed by atoms with van der Waals surface area (Å²) in [5, 5.41) is 0.